The Morgan fingerprint density at radius 2 is 2.12 bits per heavy atom. The Hall–Kier alpha value is -0.950. The highest BCUT2D eigenvalue weighted by atomic mass is 32.1. The lowest BCUT2D eigenvalue weighted by atomic mass is 10.1. The smallest absolute Gasteiger partial charge is 0.248 e. The number of thiophene rings is 1. The molecule has 2 aliphatic heterocycles. The number of carbonyl (C=O) groups excluding carboxylic acids is 1. The van der Waals surface area contributed by atoms with E-state index in [1.807, 2.05) is 16.2 Å². The van der Waals surface area contributed by atoms with Gasteiger partial charge in [-0.1, -0.05) is 0 Å². The average molecular weight is 365 g/mol. The summed E-state index contributed by atoms with van der Waals surface area (Å²) in [6.45, 7) is 6.90. The highest BCUT2D eigenvalue weighted by Gasteiger charge is 2.43. The summed E-state index contributed by atoms with van der Waals surface area (Å²) < 4.78 is 12.1. The lowest BCUT2D eigenvalue weighted by Crippen LogP contribution is -2.51. The molecule has 4 rings (SSSR count). The normalized spacial score (nSPS) is 30.0. The lowest BCUT2D eigenvalue weighted by molar-refractivity contribution is -0.145. The van der Waals surface area contributed by atoms with Crippen LogP contribution in [0.2, 0.25) is 0 Å². The van der Waals surface area contributed by atoms with E-state index in [2.05, 4.69) is 24.0 Å². The van der Waals surface area contributed by atoms with E-state index in [0.29, 0.717) is 6.04 Å². The summed E-state index contributed by atoms with van der Waals surface area (Å²) in [7, 11) is 0. The van der Waals surface area contributed by atoms with Crippen molar-refractivity contribution in [3.8, 4) is 0 Å². The van der Waals surface area contributed by atoms with Gasteiger partial charge >= 0.3 is 0 Å². The Kier molecular flexibility index (Phi) is 5.41. The number of fused-ring (bicyclic) bond motifs is 1. The van der Waals surface area contributed by atoms with Crippen LogP contribution >= 0.6 is 11.3 Å². The van der Waals surface area contributed by atoms with Crippen molar-refractivity contribution in [2.45, 2.75) is 57.4 Å². The van der Waals surface area contributed by atoms with Gasteiger partial charge in [-0.3, -0.25) is 9.69 Å². The second kappa shape index (κ2) is 7.74. The molecule has 0 radical (unpaired) electrons. The first-order valence-corrected chi connectivity index (χ1v) is 10.3. The van der Waals surface area contributed by atoms with Crippen molar-refractivity contribution < 1.29 is 14.3 Å². The maximum atomic E-state index is 12.2. The Morgan fingerprint density at radius 3 is 2.88 bits per heavy atom. The van der Waals surface area contributed by atoms with Gasteiger partial charge in [-0.15, -0.1) is 11.3 Å². The second-order valence-corrected chi connectivity index (χ2v) is 8.77. The summed E-state index contributed by atoms with van der Waals surface area (Å²) in [5.41, 5.74) is 0. The van der Waals surface area contributed by atoms with Crippen molar-refractivity contribution >= 4 is 17.2 Å². The summed E-state index contributed by atoms with van der Waals surface area (Å²) in [5, 5.41) is 0. The zero-order chi connectivity index (χ0) is 17.2. The summed E-state index contributed by atoms with van der Waals surface area (Å²) in [4.78, 5) is 19.5. The first-order chi connectivity index (χ1) is 12.2. The van der Waals surface area contributed by atoms with Crippen LogP contribution in [0.15, 0.2) is 12.1 Å². The molecular weight excluding hydrogens is 336 g/mol. The number of ether oxygens (including phenoxy) is 2. The third kappa shape index (κ3) is 3.92. The van der Waals surface area contributed by atoms with Crippen LogP contribution in [0.25, 0.3) is 0 Å². The number of carbonyl (C=O) groups is 1. The van der Waals surface area contributed by atoms with Crippen molar-refractivity contribution in [3.63, 3.8) is 0 Å². The topological polar surface area (TPSA) is 42.0 Å². The largest absolute Gasteiger partial charge is 0.373 e. The first kappa shape index (κ1) is 17.5. The highest BCUT2D eigenvalue weighted by molar-refractivity contribution is 7.11. The van der Waals surface area contributed by atoms with Gasteiger partial charge in [-0.25, -0.2) is 0 Å². The van der Waals surface area contributed by atoms with Crippen LogP contribution in [0.3, 0.4) is 0 Å². The molecule has 138 valence electrons. The van der Waals surface area contributed by atoms with Crippen LogP contribution in [-0.4, -0.2) is 66.8 Å². The Labute approximate surface area is 153 Å². The summed E-state index contributed by atoms with van der Waals surface area (Å²) >= 11 is 1.88. The molecule has 0 aromatic carbocycles. The fourth-order valence-electron chi connectivity index (χ4n) is 4.37. The minimum absolute atomic E-state index is 0.0597. The molecule has 1 aromatic rings. The number of nitrogens with zero attached hydrogens (tertiary/aromatic N) is 2. The maximum absolute atomic E-state index is 12.2. The zero-order valence-electron chi connectivity index (χ0n) is 15.0. The number of morpholine rings is 1. The fraction of sp³-hybridized carbons (Fsp3) is 0.737. The van der Waals surface area contributed by atoms with Crippen molar-refractivity contribution in [1.29, 1.82) is 0 Å². The van der Waals surface area contributed by atoms with Gasteiger partial charge in [0.15, 0.2) is 0 Å². The fourth-order valence-corrected chi connectivity index (χ4v) is 5.29. The minimum Gasteiger partial charge on any atom is -0.373 e. The van der Waals surface area contributed by atoms with E-state index in [9.17, 15) is 4.79 Å². The van der Waals surface area contributed by atoms with Crippen molar-refractivity contribution in [2.24, 2.45) is 0 Å². The number of rotatable bonds is 5. The number of amides is 1. The number of hydrogen-bond donors (Lipinski definition) is 0. The molecule has 1 amide bonds. The number of hydrogen-bond acceptors (Lipinski definition) is 5. The molecule has 2 saturated heterocycles. The molecule has 3 heterocycles. The number of aryl methyl sites for hydroxylation is 1. The minimum atomic E-state index is 0.0597. The quantitative estimate of drug-likeness (QED) is 0.805. The molecule has 3 aliphatic rings. The van der Waals surface area contributed by atoms with Crippen LogP contribution in [-0.2, 0) is 20.8 Å². The van der Waals surface area contributed by atoms with E-state index in [0.717, 1.165) is 58.5 Å². The van der Waals surface area contributed by atoms with Gasteiger partial charge in [0.2, 0.25) is 5.91 Å². The van der Waals surface area contributed by atoms with Gasteiger partial charge in [0.1, 0.15) is 6.61 Å². The summed E-state index contributed by atoms with van der Waals surface area (Å²) in [5.74, 6) is 0.141. The molecular formula is C19H28N2O3S. The third-order valence-corrected chi connectivity index (χ3v) is 6.67. The van der Waals surface area contributed by atoms with Gasteiger partial charge < -0.3 is 14.4 Å². The Balaban J connectivity index is 1.32. The molecule has 3 fully saturated rings. The predicted octanol–water partition coefficient (Wildman–Crippen LogP) is 2.43. The van der Waals surface area contributed by atoms with E-state index in [1.54, 1.807) is 0 Å². The molecule has 0 unspecified atom stereocenters. The van der Waals surface area contributed by atoms with Crippen molar-refractivity contribution in [3.05, 3.63) is 21.9 Å². The molecule has 3 atom stereocenters. The van der Waals surface area contributed by atoms with E-state index >= 15 is 0 Å². The van der Waals surface area contributed by atoms with E-state index in [4.69, 9.17) is 9.47 Å². The highest BCUT2D eigenvalue weighted by Crippen LogP contribution is 2.33. The van der Waals surface area contributed by atoms with Gasteiger partial charge in [0.05, 0.1) is 18.8 Å². The van der Waals surface area contributed by atoms with Crippen LogP contribution in [0.4, 0.5) is 0 Å². The van der Waals surface area contributed by atoms with Gasteiger partial charge in [-0.05, 0) is 44.7 Å². The summed E-state index contributed by atoms with van der Waals surface area (Å²) in [6, 6.07) is 4.85. The third-order valence-electron chi connectivity index (χ3n) is 5.69. The molecule has 0 spiro atoms. The van der Waals surface area contributed by atoms with E-state index in [-0.39, 0.29) is 24.7 Å². The van der Waals surface area contributed by atoms with Crippen LogP contribution in [0, 0.1) is 6.92 Å². The van der Waals surface area contributed by atoms with Gasteiger partial charge in [0, 0.05) is 42.0 Å². The lowest BCUT2D eigenvalue weighted by Gasteiger charge is -2.38. The monoisotopic (exact) mass is 364 g/mol. The molecule has 1 saturated carbocycles. The van der Waals surface area contributed by atoms with Gasteiger partial charge in [0.25, 0.3) is 0 Å². The van der Waals surface area contributed by atoms with Crippen molar-refractivity contribution in [2.75, 3.05) is 32.8 Å². The van der Waals surface area contributed by atoms with Crippen LogP contribution in [0.5, 0.6) is 0 Å². The molecule has 1 aromatic heterocycles. The molecule has 6 heteroatoms. The average Bonchev–Trinajstić information content (AvgIpc) is 3.34. The predicted molar refractivity (Wildman–Crippen MR) is 97.8 cm³/mol. The molecule has 25 heavy (non-hydrogen) atoms. The molecule has 0 bridgehead atoms. The maximum Gasteiger partial charge on any atom is 0.248 e. The van der Waals surface area contributed by atoms with Gasteiger partial charge in [-0.2, -0.15) is 0 Å². The first-order valence-electron chi connectivity index (χ1n) is 9.51. The van der Waals surface area contributed by atoms with E-state index in [1.165, 1.54) is 9.75 Å². The molecule has 0 N–H and O–H groups in total. The molecule has 1 aliphatic carbocycles. The Bertz CT molecular complexity index is 599. The zero-order valence-corrected chi connectivity index (χ0v) is 15.8. The standard InChI is InChI=1S/C19H28N2O3S/c1-14-4-5-15(25-14)12-21-10-11-23-19-16(21)6-7-17(19)24-13-18(22)20-8-2-3-9-20/h4-5,16-17,19H,2-3,6-13H2,1H3/t16-,17+,19+/m0/s1. The summed E-state index contributed by atoms with van der Waals surface area (Å²) in [6.07, 6.45) is 4.51. The molecule has 5 nitrogen and oxygen atoms in total. The van der Waals surface area contributed by atoms with Crippen LogP contribution in [0.1, 0.15) is 35.4 Å². The van der Waals surface area contributed by atoms with Crippen molar-refractivity contribution in [1.82, 2.24) is 9.80 Å². The Morgan fingerprint density at radius 1 is 1.28 bits per heavy atom. The van der Waals surface area contributed by atoms with E-state index < -0.39 is 0 Å². The van der Waals surface area contributed by atoms with Crippen LogP contribution < -0.4 is 0 Å². The SMILES string of the molecule is Cc1ccc(CN2CCO[C@H]3[C@H](OCC(=O)N4CCCC4)CC[C@@H]32)s1. The second-order valence-electron chi connectivity index (χ2n) is 7.40. The number of likely N-dealkylation sites (tertiary alicyclic amines) is 1.